The van der Waals surface area contributed by atoms with Crippen LogP contribution in [0.5, 0.6) is 0 Å². The molecule has 0 spiro atoms. The number of carbonyl (C=O) groups excluding carboxylic acids is 2. The van der Waals surface area contributed by atoms with E-state index in [1.165, 1.54) is 12.1 Å². The second-order valence-corrected chi connectivity index (χ2v) is 7.92. The standard InChI is InChI=1S/C27H24FNO5/c1-2-23(32)25-22-13-18(8-11-24(22)34-26(25)16-6-9-20(28)10-7-16)17-4-3-5-19(12-17)27(33)29-21(14-30)15-31/h3-13,21,30-31H,2,14-15H2,1H3,(H,29,33). The Morgan fingerprint density at radius 3 is 2.29 bits per heavy atom. The van der Waals surface area contributed by atoms with E-state index in [2.05, 4.69) is 5.32 Å². The molecule has 0 fully saturated rings. The number of fused-ring (bicyclic) bond motifs is 1. The number of hydrogen-bond donors (Lipinski definition) is 3. The van der Waals surface area contributed by atoms with Crippen LogP contribution in [0.1, 0.15) is 34.1 Å². The van der Waals surface area contributed by atoms with Crippen molar-refractivity contribution in [3.63, 3.8) is 0 Å². The van der Waals surface area contributed by atoms with Crippen molar-refractivity contribution in [3.8, 4) is 22.5 Å². The molecule has 0 bridgehead atoms. The zero-order chi connectivity index (χ0) is 24.2. The summed E-state index contributed by atoms with van der Waals surface area (Å²) in [5.41, 5.74) is 3.47. The minimum Gasteiger partial charge on any atom is -0.455 e. The number of aliphatic hydroxyl groups excluding tert-OH is 2. The van der Waals surface area contributed by atoms with Gasteiger partial charge in [-0.1, -0.05) is 25.1 Å². The molecule has 1 amide bonds. The first kappa shape index (κ1) is 23.4. The van der Waals surface area contributed by atoms with Crippen LogP contribution in [-0.4, -0.2) is 41.2 Å². The highest BCUT2D eigenvalue weighted by Crippen LogP contribution is 2.37. The van der Waals surface area contributed by atoms with Gasteiger partial charge in [0.2, 0.25) is 0 Å². The maximum absolute atomic E-state index is 13.4. The van der Waals surface area contributed by atoms with E-state index in [0.717, 1.165) is 11.1 Å². The van der Waals surface area contributed by atoms with Crippen molar-refractivity contribution < 1.29 is 28.6 Å². The van der Waals surface area contributed by atoms with Crippen LogP contribution in [0, 0.1) is 5.82 Å². The van der Waals surface area contributed by atoms with E-state index >= 15 is 0 Å². The van der Waals surface area contributed by atoms with Crippen LogP contribution < -0.4 is 5.32 Å². The third-order valence-electron chi connectivity index (χ3n) is 5.63. The number of rotatable bonds is 8. The molecule has 174 valence electrons. The summed E-state index contributed by atoms with van der Waals surface area (Å²) in [6.07, 6.45) is 0.277. The molecule has 7 heteroatoms. The van der Waals surface area contributed by atoms with Crippen molar-refractivity contribution in [2.75, 3.05) is 13.2 Å². The van der Waals surface area contributed by atoms with E-state index in [1.807, 2.05) is 18.2 Å². The van der Waals surface area contributed by atoms with E-state index < -0.39 is 11.9 Å². The second kappa shape index (κ2) is 9.99. The van der Waals surface area contributed by atoms with E-state index in [1.54, 1.807) is 43.3 Å². The highest BCUT2D eigenvalue weighted by molar-refractivity contribution is 6.12. The van der Waals surface area contributed by atoms with Gasteiger partial charge in [-0.15, -0.1) is 0 Å². The molecule has 0 atom stereocenters. The lowest BCUT2D eigenvalue weighted by Gasteiger charge is -2.13. The predicted molar refractivity (Wildman–Crippen MR) is 127 cm³/mol. The number of carbonyl (C=O) groups is 2. The third kappa shape index (κ3) is 4.62. The Kier molecular flexibility index (Phi) is 6.86. The Labute approximate surface area is 195 Å². The molecule has 4 aromatic rings. The number of Topliss-reactive ketones (excluding diaryl/α,β-unsaturated/α-hetero) is 1. The second-order valence-electron chi connectivity index (χ2n) is 7.92. The third-order valence-corrected chi connectivity index (χ3v) is 5.63. The number of furan rings is 1. The molecule has 0 radical (unpaired) electrons. The molecule has 34 heavy (non-hydrogen) atoms. The molecule has 1 heterocycles. The minimum absolute atomic E-state index is 0.0950. The van der Waals surface area contributed by atoms with Crippen LogP contribution in [0.2, 0.25) is 0 Å². The van der Waals surface area contributed by atoms with E-state index in [9.17, 15) is 24.2 Å². The molecule has 0 unspecified atom stereocenters. The Morgan fingerprint density at radius 1 is 0.941 bits per heavy atom. The number of ketones is 1. The first-order chi connectivity index (χ1) is 16.4. The fourth-order valence-electron chi connectivity index (χ4n) is 3.79. The monoisotopic (exact) mass is 461 g/mol. The van der Waals surface area contributed by atoms with Crippen molar-refractivity contribution >= 4 is 22.7 Å². The van der Waals surface area contributed by atoms with Gasteiger partial charge in [-0.2, -0.15) is 0 Å². The molecule has 6 nitrogen and oxygen atoms in total. The van der Waals surface area contributed by atoms with Crippen LogP contribution in [0.3, 0.4) is 0 Å². The van der Waals surface area contributed by atoms with E-state index in [0.29, 0.717) is 33.4 Å². The van der Waals surface area contributed by atoms with Gasteiger partial charge in [-0.25, -0.2) is 4.39 Å². The summed E-state index contributed by atoms with van der Waals surface area (Å²) in [6, 6.07) is 17.4. The van der Waals surface area contributed by atoms with Gasteiger partial charge in [0.05, 0.1) is 24.8 Å². The summed E-state index contributed by atoms with van der Waals surface area (Å²) in [5.74, 6) is -0.493. The molecule has 0 saturated heterocycles. The molecular weight excluding hydrogens is 437 g/mol. The molecule has 0 saturated carbocycles. The number of hydrogen-bond acceptors (Lipinski definition) is 5. The Hall–Kier alpha value is -3.81. The lowest BCUT2D eigenvalue weighted by atomic mass is 9.97. The van der Waals surface area contributed by atoms with Crippen molar-refractivity contribution in [1.29, 1.82) is 0 Å². The Bertz CT molecular complexity index is 1340. The molecular formula is C27H24FNO5. The van der Waals surface area contributed by atoms with Crippen molar-refractivity contribution in [2.24, 2.45) is 0 Å². The molecule has 0 aliphatic rings. The summed E-state index contributed by atoms with van der Waals surface area (Å²) in [7, 11) is 0. The van der Waals surface area contributed by atoms with E-state index in [-0.39, 0.29) is 31.2 Å². The maximum Gasteiger partial charge on any atom is 0.251 e. The van der Waals surface area contributed by atoms with Crippen LogP contribution in [0.15, 0.2) is 71.1 Å². The number of amides is 1. The molecule has 0 aliphatic heterocycles. The Morgan fingerprint density at radius 2 is 1.62 bits per heavy atom. The van der Waals surface area contributed by atoms with Crippen molar-refractivity contribution in [1.82, 2.24) is 5.32 Å². The normalized spacial score (nSPS) is 11.2. The van der Waals surface area contributed by atoms with Crippen LogP contribution >= 0.6 is 0 Å². The highest BCUT2D eigenvalue weighted by atomic mass is 19.1. The largest absolute Gasteiger partial charge is 0.455 e. The van der Waals surface area contributed by atoms with Crippen LogP contribution in [0.4, 0.5) is 4.39 Å². The van der Waals surface area contributed by atoms with Gasteiger partial charge in [0, 0.05) is 22.9 Å². The lowest BCUT2D eigenvalue weighted by Crippen LogP contribution is -2.40. The number of benzene rings is 3. The van der Waals surface area contributed by atoms with Gasteiger partial charge in [-0.05, 0) is 59.7 Å². The summed E-state index contributed by atoms with van der Waals surface area (Å²) in [5, 5.41) is 21.6. The quantitative estimate of drug-likeness (QED) is 0.334. The van der Waals surface area contributed by atoms with Crippen molar-refractivity contribution in [2.45, 2.75) is 19.4 Å². The maximum atomic E-state index is 13.4. The minimum atomic E-state index is -0.745. The van der Waals surface area contributed by atoms with Crippen LogP contribution in [-0.2, 0) is 0 Å². The molecule has 3 N–H and O–H groups in total. The number of halogens is 1. The topological polar surface area (TPSA) is 99.8 Å². The summed E-state index contributed by atoms with van der Waals surface area (Å²) >= 11 is 0. The summed E-state index contributed by atoms with van der Waals surface area (Å²) < 4.78 is 19.4. The molecule has 3 aromatic carbocycles. The molecule has 4 rings (SSSR count). The van der Waals surface area contributed by atoms with Crippen molar-refractivity contribution in [3.05, 3.63) is 83.7 Å². The predicted octanol–water partition coefficient (Wildman–Crippen LogP) is 4.58. The van der Waals surface area contributed by atoms with Gasteiger partial charge in [0.25, 0.3) is 5.91 Å². The number of nitrogens with one attached hydrogen (secondary N) is 1. The van der Waals surface area contributed by atoms with Crippen LogP contribution in [0.25, 0.3) is 33.4 Å². The Balaban J connectivity index is 1.77. The average Bonchev–Trinajstić information content (AvgIpc) is 3.26. The summed E-state index contributed by atoms with van der Waals surface area (Å²) in [4.78, 5) is 25.4. The fourth-order valence-corrected chi connectivity index (χ4v) is 3.79. The van der Waals surface area contributed by atoms with E-state index in [4.69, 9.17) is 4.42 Å². The van der Waals surface area contributed by atoms with Gasteiger partial charge in [-0.3, -0.25) is 9.59 Å². The van der Waals surface area contributed by atoms with Gasteiger partial charge >= 0.3 is 0 Å². The smallest absolute Gasteiger partial charge is 0.251 e. The molecule has 1 aromatic heterocycles. The number of aliphatic hydroxyl groups is 2. The first-order valence-electron chi connectivity index (χ1n) is 10.9. The highest BCUT2D eigenvalue weighted by Gasteiger charge is 2.22. The van der Waals surface area contributed by atoms with Gasteiger partial charge in [0.15, 0.2) is 5.78 Å². The van der Waals surface area contributed by atoms with Gasteiger partial charge in [0.1, 0.15) is 17.2 Å². The zero-order valence-corrected chi connectivity index (χ0v) is 18.5. The first-order valence-corrected chi connectivity index (χ1v) is 10.9. The van der Waals surface area contributed by atoms with Gasteiger partial charge < -0.3 is 19.9 Å². The zero-order valence-electron chi connectivity index (χ0n) is 18.5. The summed E-state index contributed by atoms with van der Waals surface area (Å²) in [6.45, 7) is 1.03. The fraction of sp³-hybridized carbons (Fsp3) is 0.185. The average molecular weight is 461 g/mol. The SMILES string of the molecule is CCC(=O)c1c(-c2ccc(F)cc2)oc2ccc(-c3cccc(C(=O)NC(CO)CO)c3)cc12. The lowest BCUT2D eigenvalue weighted by molar-refractivity contribution is 0.0879. The molecule has 0 aliphatic carbocycles.